The summed E-state index contributed by atoms with van der Waals surface area (Å²) in [5.41, 5.74) is 0.983. The summed E-state index contributed by atoms with van der Waals surface area (Å²) >= 11 is 1.59. The predicted molar refractivity (Wildman–Crippen MR) is 94.3 cm³/mol. The first kappa shape index (κ1) is 18.3. The van der Waals surface area contributed by atoms with Crippen molar-refractivity contribution in [3.63, 3.8) is 0 Å². The van der Waals surface area contributed by atoms with Gasteiger partial charge in [0.2, 0.25) is 5.91 Å². The van der Waals surface area contributed by atoms with Gasteiger partial charge >= 0.3 is 5.97 Å². The van der Waals surface area contributed by atoms with Crippen LogP contribution in [0.2, 0.25) is 0 Å². The SMILES string of the molecule is COC(=O)[C@H](CCSC)NC(=O)c1ccccc1N1CCCC1=O. The Morgan fingerprint density at radius 2 is 2.12 bits per heavy atom. The molecule has 1 saturated heterocycles. The van der Waals surface area contributed by atoms with Gasteiger partial charge in [-0.15, -0.1) is 0 Å². The highest BCUT2D eigenvalue weighted by atomic mass is 32.2. The van der Waals surface area contributed by atoms with Gasteiger partial charge in [0, 0.05) is 13.0 Å². The quantitative estimate of drug-likeness (QED) is 0.760. The number of nitrogens with zero attached hydrogens (tertiary/aromatic N) is 1. The van der Waals surface area contributed by atoms with Crippen LogP contribution in [0.4, 0.5) is 5.69 Å². The summed E-state index contributed by atoms with van der Waals surface area (Å²) in [6, 6.07) is 6.26. The van der Waals surface area contributed by atoms with Gasteiger partial charge < -0.3 is 15.0 Å². The molecule has 1 N–H and O–H groups in total. The largest absolute Gasteiger partial charge is 0.467 e. The molecule has 6 nitrogen and oxygen atoms in total. The Balaban J connectivity index is 2.19. The zero-order chi connectivity index (χ0) is 17.5. The fourth-order valence-corrected chi connectivity index (χ4v) is 3.14. The Morgan fingerprint density at radius 3 is 2.75 bits per heavy atom. The molecule has 7 heteroatoms. The second kappa shape index (κ2) is 8.73. The maximum atomic E-state index is 12.7. The van der Waals surface area contributed by atoms with Crippen LogP contribution in [0.25, 0.3) is 0 Å². The number of carbonyl (C=O) groups is 3. The molecule has 1 fully saturated rings. The van der Waals surface area contributed by atoms with Gasteiger partial charge in [0.25, 0.3) is 5.91 Å². The Labute approximate surface area is 145 Å². The standard InChI is InChI=1S/C17H22N2O4S/c1-23-17(22)13(9-11-24-2)18-16(21)12-6-3-4-7-14(12)19-10-5-8-15(19)20/h3-4,6-7,13H,5,8-11H2,1-2H3,(H,18,21)/t13-/m0/s1. The van der Waals surface area contributed by atoms with E-state index < -0.39 is 12.0 Å². The number of para-hydroxylation sites is 1. The third kappa shape index (κ3) is 4.29. The Bertz CT molecular complexity index is 620. The van der Waals surface area contributed by atoms with Crippen molar-refractivity contribution in [2.24, 2.45) is 0 Å². The number of benzene rings is 1. The first-order chi connectivity index (χ1) is 11.6. The van der Waals surface area contributed by atoms with E-state index in [1.165, 1.54) is 7.11 Å². The van der Waals surface area contributed by atoms with E-state index in [1.807, 2.05) is 6.26 Å². The molecule has 2 rings (SSSR count). The van der Waals surface area contributed by atoms with Crippen LogP contribution >= 0.6 is 11.8 Å². The molecule has 1 aromatic carbocycles. The van der Waals surface area contributed by atoms with Gasteiger partial charge in [0.15, 0.2) is 0 Å². The highest BCUT2D eigenvalue weighted by molar-refractivity contribution is 7.98. The first-order valence-electron chi connectivity index (χ1n) is 7.85. The van der Waals surface area contributed by atoms with Gasteiger partial charge in [-0.2, -0.15) is 11.8 Å². The third-order valence-corrected chi connectivity index (χ3v) is 4.56. The van der Waals surface area contributed by atoms with Crippen LogP contribution in [0.5, 0.6) is 0 Å². The minimum atomic E-state index is -0.697. The number of thioether (sulfide) groups is 1. The summed E-state index contributed by atoms with van der Waals surface area (Å²) in [5.74, 6) is -0.0946. The number of rotatable bonds is 7. The van der Waals surface area contributed by atoms with Crippen molar-refractivity contribution in [2.45, 2.75) is 25.3 Å². The average molecular weight is 350 g/mol. The van der Waals surface area contributed by atoms with E-state index >= 15 is 0 Å². The molecule has 0 radical (unpaired) electrons. The van der Waals surface area contributed by atoms with Crippen LogP contribution in [0.15, 0.2) is 24.3 Å². The summed E-state index contributed by atoms with van der Waals surface area (Å²) in [6.45, 7) is 0.607. The molecule has 1 atom stereocenters. The highest BCUT2D eigenvalue weighted by Gasteiger charge is 2.27. The predicted octanol–water partition coefficient (Wildman–Crippen LogP) is 1.84. The monoisotopic (exact) mass is 350 g/mol. The minimum absolute atomic E-state index is 0.0159. The summed E-state index contributed by atoms with van der Waals surface area (Å²) in [5, 5.41) is 2.73. The number of esters is 1. The van der Waals surface area contributed by atoms with Crippen molar-refractivity contribution in [3.05, 3.63) is 29.8 Å². The topological polar surface area (TPSA) is 75.7 Å². The fraction of sp³-hybridized carbons (Fsp3) is 0.471. The molecule has 130 valence electrons. The molecule has 0 aromatic heterocycles. The number of carbonyl (C=O) groups excluding carboxylic acids is 3. The second-order valence-electron chi connectivity index (χ2n) is 5.50. The van der Waals surface area contributed by atoms with Gasteiger partial charge in [-0.3, -0.25) is 9.59 Å². The number of nitrogens with one attached hydrogen (secondary N) is 1. The average Bonchev–Trinajstić information content (AvgIpc) is 3.03. The van der Waals surface area contributed by atoms with E-state index in [1.54, 1.807) is 40.9 Å². The van der Waals surface area contributed by atoms with Crippen LogP contribution in [0.3, 0.4) is 0 Å². The maximum Gasteiger partial charge on any atom is 0.328 e. The highest BCUT2D eigenvalue weighted by Crippen LogP contribution is 2.25. The number of hydrogen-bond acceptors (Lipinski definition) is 5. The smallest absolute Gasteiger partial charge is 0.328 e. The van der Waals surface area contributed by atoms with Gasteiger partial charge in [-0.25, -0.2) is 4.79 Å². The second-order valence-corrected chi connectivity index (χ2v) is 6.48. The lowest BCUT2D eigenvalue weighted by atomic mass is 10.1. The first-order valence-corrected chi connectivity index (χ1v) is 9.25. The number of amides is 2. The van der Waals surface area contributed by atoms with E-state index in [0.29, 0.717) is 30.6 Å². The maximum absolute atomic E-state index is 12.7. The van der Waals surface area contributed by atoms with Crippen LogP contribution in [-0.2, 0) is 14.3 Å². The van der Waals surface area contributed by atoms with Crippen molar-refractivity contribution in [2.75, 3.05) is 30.6 Å². The van der Waals surface area contributed by atoms with Crippen molar-refractivity contribution in [1.82, 2.24) is 5.32 Å². The number of anilines is 1. The van der Waals surface area contributed by atoms with Crippen LogP contribution in [-0.4, -0.2) is 49.5 Å². The van der Waals surface area contributed by atoms with Crippen molar-refractivity contribution in [3.8, 4) is 0 Å². The van der Waals surface area contributed by atoms with E-state index in [9.17, 15) is 14.4 Å². The lowest BCUT2D eigenvalue weighted by molar-refractivity contribution is -0.142. The molecule has 0 saturated carbocycles. The van der Waals surface area contributed by atoms with Gasteiger partial charge in [0.05, 0.1) is 18.4 Å². The summed E-state index contributed by atoms with van der Waals surface area (Å²) in [7, 11) is 1.30. The van der Waals surface area contributed by atoms with Gasteiger partial charge in [-0.1, -0.05) is 12.1 Å². The third-order valence-electron chi connectivity index (χ3n) is 3.91. The van der Waals surface area contributed by atoms with E-state index in [4.69, 9.17) is 4.74 Å². The summed E-state index contributed by atoms with van der Waals surface area (Å²) in [6.07, 6.45) is 3.70. The zero-order valence-corrected chi connectivity index (χ0v) is 14.7. The van der Waals surface area contributed by atoms with Crippen LogP contribution in [0.1, 0.15) is 29.6 Å². The molecule has 24 heavy (non-hydrogen) atoms. The van der Waals surface area contributed by atoms with Gasteiger partial charge in [-0.05, 0) is 37.0 Å². The molecule has 1 aliphatic rings. The number of methoxy groups -OCH3 is 1. The lowest BCUT2D eigenvalue weighted by Gasteiger charge is -2.21. The molecule has 1 aliphatic heterocycles. The van der Waals surface area contributed by atoms with Crippen LogP contribution in [0, 0.1) is 0 Å². The Kier molecular flexibility index (Phi) is 6.66. The van der Waals surface area contributed by atoms with E-state index in [0.717, 1.165) is 12.2 Å². The van der Waals surface area contributed by atoms with E-state index in [-0.39, 0.29) is 11.8 Å². The Morgan fingerprint density at radius 1 is 1.38 bits per heavy atom. The van der Waals surface area contributed by atoms with Gasteiger partial charge in [0.1, 0.15) is 6.04 Å². The minimum Gasteiger partial charge on any atom is -0.467 e. The Hall–Kier alpha value is -2.02. The number of hydrogen-bond donors (Lipinski definition) is 1. The normalized spacial score (nSPS) is 15.2. The van der Waals surface area contributed by atoms with Crippen molar-refractivity contribution >= 4 is 35.2 Å². The van der Waals surface area contributed by atoms with E-state index in [2.05, 4.69) is 5.32 Å². The van der Waals surface area contributed by atoms with Crippen molar-refractivity contribution < 1.29 is 19.1 Å². The molecule has 0 bridgehead atoms. The number of ether oxygens (including phenoxy) is 1. The molecule has 0 spiro atoms. The molecule has 2 amide bonds. The zero-order valence-electron chi connectivity index (χ0n) is 13.9. The summed E-state index contributed by atoms with van der Waals surface area (Å²) in [4.78, 5) is 38.1. The van der Waals surface area contributed by atoms with Crippen molar-refractivity contribution in [1.29, 1.82) is 0 Å². The molecule has 1 heterocycles. The fourth-order valence-electron chi connectivity index (χ4n) is 2.67. The molecule has 0 aliphatic carbocycles. The molecular weight excluding hydrogens is 328 g/mol. The van der Waals surface area contributed by atoms with Crippen LogP contribution < -0.4 is 10.2 Å². The lowest BCUT2D eigenvalue weighted by Crippen LogP contribution is -2.42. The summed E-state index contributed by atoms with van der Waals surface area (Å²) < 4.78 is 4.77. The molecule has 0 unspecified atom stereocenters. The molecule has 1 aromatic rings. The molecular formula is C17H22N2O4S.